The average molecular weight is 379 g/mol. The highest BCUT2D eigenvalue weighted by Crippen LogP contribution is 2.22. The van der Waals surface area contributed by atoms with Gasteiger partial charge in [0.25, 0.3) is 0 Å². The van der Waals surface area contributed by atoms with Crippen molar-refractivity contribution < 1.29 is 13.9 Å². The fraction of sp³-hybridized carbons (Fsp3) is 0.350. The lowest BCUT2D eigenvalue weighted by Gasteiger charge is -2.27. The molecule has 1 heterocycles. The van der Waals surface area contributed by atoms with Gasteiger partial charge in [-0.2, -0.15) is 0 Å². The molecule has 1 saturated heterocycles. The molecule has 0 spiro atoms. The smallest absolute Gasteiger partial charge is 0.227 e. The van der Waals surface area contributed by atoms with Crippen molar-refractivity contribution in [3.63, 3.8) is 0 Å². The lowest BCUT2D eigenvalue weighted by molar-refractivity contribution is -0.120. The fourth-order valence-electron chi connectivity index (χ4n) is 3.07. The number of carbonyl (C=O) groups is 1. The first-order valence-corrected chi connectivity index (χ1v) is 8.62. The maximum absolute atomic E-state index is 13.2. The van der Waals surface area contributed by atoms with Crippen LogP contribution in [0.4, 0.5) is 10.1 Å². The van der Waals surface area contributed by atoms with Gasteiger partial charge in [0.05, 0.1) is 0 Å². The van der Waals surface area contributed by atoms with Gasteiger partial charge in [-0.25, -0.2) is 4.39 Å². The number of piperidine rings is 1. The Hall–Kier alpha value is -2.11. The van der Waals surface area contributed by atoms with Gasteiger partial charge in [-0.05, 0) is 56.1 Å². The van der Waals surface area contributed by atoms with Crippen molar-refractivity contribution in [1.29, 1.82) is 0 Å². The monoisotopic (exact) mass is 378 g/mol. The summed E-state index contributed by atoms with van der Waals surface area (Å²) in [4.78, 5) is 12.4. The van der Waals surface area contributed by atoms with Gasteiger partial charge < -0.3 is 15.4 Å². The summed E-state index contributed by atoms with van der Waals surface area (Å²) >= 11 is 0. The molecule has 140 valence electrons. The Morgan fingerprint density at radius 1 is 1.27 bits per heavy atom. The van der Waals surface area contributed by atoms with Crippen LogP contribution < -0.4 is 15.4 Å². The molecule has 1 aliphatic rings. The van der Waals surface area contributed by atoms with Gasteiger partial charge in [-0.3, -0.25) is 4.79 Å². The standard InChI is InChI=1S/C20H23FN2O2.ClH/c1-14-10-16(8-9-22-14)20(24)23-18-6-3-7-19(12-18)25-13-15-4-2-5-17(21)11-15;/h2-7,11-12,14,16,22H,8-10,13H2,1H3,(H,23,24);1H/t14-,16-;/m0./s1. The first-order chi connectivity index (χ1) is 12.1. The quantitative estimate of drug-likeness (QED) is 0.821. The Balaban J connectivity index is 0.00000243. The van der Waals surface area contributed by atoms with E-state index in [9.17, 15) is 9.18 Å². The van der Waals surface area contributed by atoms with E-state index >= 15 is 0 Å². The van der Waals surface area contributed by atoms with Gasteiger partial charge in [-0.1, -0.05) is 18.2 Å². The van der Waals surface area contributed by atoms with Crippen molar-refractivity contribution in [2.45, 2.75) is 32.4 Å². The van der Waals surface area contributed by atoms with Crippen LogP contribution >= 0.6 is 12.4 Å². The number of halogens is 2. The van der Waals surface area contributed by atoms with Crippen molar-refractivity contribution in [3.05, 3.63) is 59.9 Å². The number of ether oxygens (including phenoxy) is 1. The molecule has 2 aromatic carbocycles. The number of rotatable bonds is 5. The van der Waals surface area contributed by atoms with Gasteiger partial charge in [0.1, 0.15) is 18.2 Å². The van der Waals surface area contributed by atoms with Gasteiger partial charge in [0.2, 0.25) is 5.91 Å². The number of hydrogen-bond donors (Lipinski definition) is 2. The van der Waals surface area contributed by atoms with E-state index in [2.05, 4.69) is 17.6 Å². The molecule has 3 rings (SSSR count). The van der Waals surface area contributed by atoms with Crippen LogP contribution in [0.2, 0.25) is 0 Å². The largest absolute Gasteiger partial charge is 0.489 e. The molecule has 0 aliphatic carbocycles. The number of carbonyl (C=O) groups excluding carboxylic acids is 1. The van der Waals surface area contributed by atoms with E-state index in [0.717, 1.165) is 24.9 Å². The molecule has 4 nitrogen and oxygen atoms in total. The summed E-state index contributed by atoms with van der Waals surface area (Å²) in [5.74, 6) is 0.447. The minimum atomic E-state index is -0.279. The van der Waals surface area contributed by atoms with Crippen LogP contribution in [0.3, 0.4) is 0 Å². The summed E-state index contributed by atoms with van der Waals surface area (Å²) in [5, 5.41) is 6.32. The molecule has 0 saturated carbocycles. The van der Waals surface area contributed by atoms with Gasteiger partial charge in [-0.15, -0.1) is 12.4 Å². The number of amides is 1. The molecule has 2 N–H and O–H groups in total. The second kappa shape index (κ2) is 9.55. The Kier molecular flexibility index (Phi) is 7.42. The van der Waals surface area contributed by atoms with E-state index in [1.807, 2.05) is 24.3 Å². The summed E-state index contributed by atoms with van der Waals surface area (Å²) in [6.45, 7) is 3.25. The number of hydrogen-bond acceptors (Lipinski definition) is 3. The van der Waals surface area contributed by atoms with Crippen LogP contribution in [0.15, 0.2) is 48.5 Å². The van der Waals surface area contributed by atoms with Crippen molar-refractivity contribution in [1.82, 2.24) is 5.32 Å². The minimum Gasteiger partial charge on any atom is -0.489 e. The lowest BCUT2D eigenvalue weighted by Crippen LogP contribution is -2.40. The van der Waals surface area contributed by atoms with E-state index in [-0.39, 0.29) is 36.7 Å². The third kappa shape index (κ3) is 5.71. The summed E-state index contributed by atoms with van der Waals surface area (Å²) in [5.41, 5.74) is 1.48. The van der Waals surface area contributed by atoms with E-state index < -0.39 is 0 Å². The minimum absolute atomic E-state index is 0. The zero-order chi connectivity index (χ0) is 17.6. The Labute approximate surface area is 159 Å². The van der Waals surface area contributed by atoms with Crippen LogP contribution in [0.5, 0.6) is 5.75 Å². The van der Waals surface area contributed by atoms with Crippen LogP contribution in [0.1, 0.15) is 25.3 Å². The van der Waals surface area contributed by atoms with Gasteiger partial charge in [0.15, 0.2) is 0 Å². The van der Waals surface area contributed by atoms with E-state index in [1.54, 1.807) is 12.1 Å². The average Bonchev–Trinajstić information content (AvgIpc) is 2.60. The molecule has 2 atom stereocenters. The molecule has 0 unspecified atom stereocenters. The molecule has 1 fully saturated rings. The lowest BCUT2D eigenvalue weighted by atomic mass is 9.92. The van der Waals surface area contributed by atoms with Crippen LogP contribution in [0, 0.1) is 11.7 Å². The third-order valence-corrected chi connectivity index (χ3v) is 4.39. The molecule has 1 amide bonds. The molecule has 26 heavy (non-hydrogen) atoms. The number of benzene rings is 2. The van der Waals surface area contributed by atoms with E-state index in [4.69, 9.17) is 4.74 Å². The third-order valence-electron chi connectivity index (χ3n) is 4.39. The molecular weight excluding hydrogens is 355 g/mol. The summed E-state index contributed by atoms with van der Waals surface area (Å²) in [6.07, 6.45) is 1.70. The van der Waals surface area contributed by atoms with Crippen LogP contribution in [0.25, 0.3) is 0 Å². The molecule has 0 radical (unpaired) electrons. The van der Waals surface area contributed by atoms with Crippen molar-refractivity contribution in [3.8, 4) is 5.75 Å². The predicted molar refractivity (Wildman–Crippen MR) is 103 cm³/mol. The molecule has 2 aromatic rings. The first kappa shape index (κ1) is 20.2. The highest BCUT2D eigenvalue weighted by Gasteiger charge is 2.24. The molecule has 1 aliphatic heterocycles. The number of anilines is 1. The molecule has 0 aromatic heterocycles. The normalized spacial score (nSPS) is 19.3. The Bertz CT molecular complexity index is 741. The van der Waals surface area contributed by atoms with Crippen LogP contribution in [-0.2, 0) is 11.4 Å². The summed E-state index contributed by atoms with van der Waals surface area (Å²) < 4.78 is 18.9. The maximum atomic E-state index is 13.2. The highest BCUT2D eigenvalue weighted by molar-refractivity contribution is 5.92. The van der Waals surface area contributed by atoms with Crippen LogP contribution in [-0.4, -0.2) is 18.5 Å². The summed E-state index contributed by atoms with van der Waals surface area (Å²) in [7, 11) is 0. The number of nitrogens with one attached hydrogen (secondary N) is 2. The van der Waals surface area contributed by atoms with Crippen molar-refractivity contribution in [2.75, 3.05) is 11.9 Å². The maximum Gasteiger partial charge on any atom is 0.227 e. The Morgan fingerprint density at radius 3 is 2.85 bits per heavy atom. The second-order valence-corrected chi connectivity index (χ2v) is 6.51. The molecule has 6 heteroatoms. The van der Waals surface area contributed by atoms with Gasteiger partial charge >= 0.3 is 0 Å². The SMILES string of the molecule is C[C@H]1C[C@@H](C(=O)Nc2cccc(OCc3cccc(F)c3)c2)CCN1.Cl. The fourth-order valence-corrected chi connectivity index (χ4v) is 3.07. The molecular formula is C20H24ClFN2O2. The van der Waals surface area contributed by atoms with Crippen molar-refractivity contribution >= 4 is 24.0 Å². The van der Waals surface area contributed by atoms with E-state index in [0.29, 0.717) is 17.5 Å². The zero-order valence-electron chi connectivity index (χ0n) is 14.7. The zero-order valence-corrected chi connectivity index (χ0v) is 15.5. The predicted octanol–water partition coefficient (Wildman–Crippen LogP) is 4.15. The summed E-state index contributed by atoms with van der Waals surface area (Å²) in [6, 6.07) is 14.0. The van der Waals surface area contributed by atoms with Gasteiger partial charge in [0, 0.05) is 23.7 Å². The molecule has 0 bridgehead atoms. The Morgan fingerprint density at radius 2 is 2.08 bits per heavy atom. The highest BCUT2D eigenvalue weighted by atomic mass is 35.5. The second-order valence-electron chi connectivity index (χ2n) is 6.51. The van der Waals surface area contributed by atoms with E-state index in [1.165, 1.54) is 12.1 Å². The van der Waals surface area contributed by atoms with Crippen molar-refractivity contribution in [2.24, 2.45) is 5.92 Å². The first-order valence-electron chi connectivity index (χ1n) is 8.62. The topological polar surface area (TPSA) is 50.4 Å².